The number of nitrogens with zero attached hydrogens (tertiary/aromatic N) is 4. The zero-order chi connectivity index (χ0) is 16.7. The van der Waals surface area contributed by atoms with E-state index in [1.54, 1.807) is 35.8 Å². The van der Waals surface area contributed by atoms with Crippen molar-refractivity contribution in [3.63, 3.8) is 0 Å². The lowest BCUT2D eigenvalue weighted by Crippen LogP contribution is -2.18. The van der Waals surface area contributed by atoms with Crippen LogP contribution in [0, 0.1) is 0 Å². The molecular weight excluding hydrogens is 304 g/mol. The summed E-state index contributed by atoms with van der Waals surface area (Å²) in [6, 6.07) is 15.9. The summed E-state index contributed by atoms with van der Waals surface area (Å²) in [5.74, 6) is 0.170. The third kappa shape index (κ3) is 2.25. The normalized spacial score (nSPS) is 11.0. The van der Waals surface area contributed by atoms with Gasteiger partial charge in [0, 0.05) is 24.9 Å². The average Bonchev–Trinajstić information content (AvgIpc) is 2.97. The highest BCUT2D eigenvalue weighted by Crippen LogP contribution is 2.34. The van der Waals surface area contributed by atoms with Crippen molar-refractivity contribution >= 4 is 5.52 Å². The van der Waals surface area contributed by atoms with Gasteiger partial charge in [-0.25, -0.2) is 9.20 Å². The van der Waals surface area contributed by atoms with Crippen LogP contribution in [0.3, 0.4) is 0 Å². The molecule has 0 unspecified atom stereocenters. The zero-order valence-electron chi connectivity index (χ0n) is 12.9. The van der Waals surface area contributed by atoms with Gasteiger partial charge in [0.15, 0.2) is 0 Å². The quantitative estimate of drug-likeness (QED) is 0.616. The van der Waals surface area contributed by atoms with Gasteiger partial charge in [-0.3, -0.25) is 4.79 Å². The fourth-order valence-corrected chi connectivity index (χ4v) is 2.74. The Morgan fingerprint density at radius 1 is 1.00 bits per heavy atom. The third-order valence-electron chi connectivity index (χ3n) is 3.88. The van der Waals surface area contributed by atoms with E-state index in [2.05, 4.69) is 10.2 Å². The number of fused-ring (bicyclic) bond motifs is 1. The van der Waals surface area contributed by atoms with Crippen molar-refractivity contribution in [3.8, 4) is 28.3 Å². The summed E-state index contributed by atoms with van der Waals surface area (Å²) in [7, 11) is 1.62. The molecule has 1 aromatic carbocycles. The summed E-state index contributed by atoms with van der Waals surface area (Å²) in [5.41, 5.74) is 3.65. The van der Waals surface area contributed by atoms with Gasteiger partial charge < -0.3 is 5.11 Å². The van der Waals surface area contributed by atoms with Crippen molar-refractivity contribution in [1.82, 2.24) is 19.4 Å². The highest BCUT2D eigenvalue weighted by molar-refractivity contribution is 5.90. The standard InChI is InChI=1S/C18H14N4O2/c1-21-16(24)9-8-14(19-21)17-15-7-2-3-10-22(15)20-18(17)12-5-4-6-13(23)11-12/h2-11,23H,1H3. The number of hydrogen-bond acceptors (Lipinski definition) is 4. The van der Waals surface area contributed by atoms with Gasteiger partial charge >= 0.3 is 0 Å². The van der Waals surface area contributed by atoms with Gasteiger partial charge in [-0.1, -0.05) is 18.2 Å². The molecule has 6 nitrogen and oxygen atoms in total. The molecule has 0 aliphatic carbocycles. The maximum Gasteiger partial charge on any atom is 0.266 e. The van der Waals surface area contributed by atoms with Gasteiger partial charge in [0.2, 0.25) is 0 Å². The van der Waals surface area contributed by atoms with Crippen LogP contribution >= 0.6 is 0 Å². The van der Waals surface area contributed by atoms with Gasteiger partial charge in [0.25, 0.3) is 5.56 Å². The topological polar surface area (TPSA) is 72.4 Å². The zero-order valence-corrected chi connectivity index (χ0v) is 12.9. The Hall–Kier alpha value is -3.41. The highest BCUT2D eigenvalue weighted by atomic mass is 16.3. The van der Waals surface area contributed by atoms with E-state index in [1.165, 1.54) is 10.7 Å². The van der Waals surface area contributed by atoms with Crippen LogP contribution in [0.1, 0.15) is 0 Å². The molecule has 118 valence electrons. The molecule has 4 rings (SSSR count). The Labute approximate surface area is 137 Å². The molecule has 0 saturated carbocycles. The Morgan fingerprint density at radius 2 is 1.88 bits per heavy atom. The molecule has 0 atom stereocenters. The van der Waals surface area contributed by atoms with Crippen molar-refractivity contribution in [2.45, 2.75) is 0 Å². The van der Waals surface area contributed by atoms with E-state index in [9.17, 15) is 9.90 Å². The van der Waals surface area contributed by atoms with Crippen LogP contribution in [0.15, 0.2) is 65.6 Å². The monoisotopic (exact) mass is 318 g/mol. The lowest BCUT2D eigenvalue weighted by molar-refractivity contribution is 0.475. The van der Waals surface area contributed by atoms with Gasteiger partial charge in [-0.05, 0) is 30.3 Å². The summed E-state index contributed by atoms with van der Waals surface area (Å²) in [4.78, 5) is 11.7. The number of aromatic hydroxyl groups is 1. The summed E-state index contributed by atoms with van der Waals surface area (Å²) >= 11 is 0. The molecule has 0 aliphatic heterocycles. The first-order chi connectivity index (χ1) is 11.6. The van der Waals surface area contributed by atoms with Crippen LogP contribution in [0.5, 0.6) is 5.75 Å². The predicted molar refractivity (Wildman–Crippen MR) is 90.8 cm³/mol. The minimum atomic E-state index is -0.172. The predicted octanol–water partition coefficient (Wildman–Crippen LogP) is 2.47. The number of benzene rings is 1. The fourth-order valence-electron chi connectivity index (χ4n) is 2.74. The number of hydrogen-bond donors (Lipinski definition) is 1. The molecule has 0 aliphatic rings. The summed E-state index contributed by atoms with van der Waals surface area (Å²) in [6.07, 6.45) is 1.85. The van der Waals surface area contributed by atoms with Gasteiger partial charge in [-0.2, -0.15) is 10.2 Å². The Bertz CT molecular complexity index is 1110. The van der Waals surface area contributed by atoms with Crippen LogP contribution in [0.2, 0.25) is 0 Å². The van der Waals surface area contributed by atoms with Gasteiger partial charge in [0.1, 0.15) is 11.4 Å². The van der Waals surface area contributed by atoms with Crippen molar-refractivity contribution in [2.75, 3.05) is 0 Å². The minimum Gasteiger partial charge on any atom is -0.508 e. The van der Waals surface area contributed by atoms with E-state index in [4.69, 9.17) is 0 Å². The van der Waals surface area contributed by atoms with Crippen molar-refractivity contribution in [1.29, 1.82) is 0 Å². The van der Waals surface area contributed by atoms with Crippen LogP contribution in [-0.4, -0.2) is 24.5 Å². The number of phenols is 1. The first kappa shape index (κ1) is 14.2. The number of rotatable bonds is 2. The second-order valence-electron chi connectivity index (χ2n) is 5.48. The second-order valence-corrected chi connectivity index (χ2v) is 5.48. The van der Waals surface area contributed by atoms with Gasteiger partial charge in [0.05, 0.1) is 16.8 Å². The van der Waals surface area contributed by atoms with Crippen LogP contribution in [0.4, 0.5) is 0 Å². The Kier molecular flexibility index (Phi) is 3.16. The van der Waals surface area contributed by atoms with Crippen molar-refractivity contribution in [2.24, 2.45) is 7.05 Å². The average molecular weight is 318 g/mol. The maximum absolute atomic E-state index is 11.7. The molecule has 3 aromatic heterocycles. The number of phenolic OH excluding ortho intramolecular Hbond substituents is 1. The van der Waals surface area contributed by atoms with E-state index in [0.29, 0.717) is 11.4 Å². The maximum atomic E-state index is 11.7. The SMILES string of the molecule is Cn1nc(-c2c(-c3cccc(O)c3)nn3ccccc23)ccc1=O. The Balaban J connectivity index is 2.07. The fraction of sp³-hybridized carbons (Fsp3) is 0.0556. The molecule has 6 heteroatoms. The lowest BCUT2D eigenvalue weighted by atomic mass is 10.0. The molecule has 0 amide bonds. The molecule has 3 heterocycles. The second kappa shape index (κ2) is 5.34. The molecular formula is C18H14N4O2. The summed E-state index contributed by atoms with van der Waals surface area (Å²) in [6.45, 7) is 0. The van der Waals surface area contributed by atoms with E-state index < -0.39 is 0 Å². The molecule has 24 heavy (non-hydrogen) atoms. The smallest absolute Gasteiger partial charge is 0.266 e. The Morgan fingerprint density at radius 3 is 2.67 bits per heavy atom. The molecule has 0 saturated heterocycles. The summed E-state index contributed by atoms with van der Waals surface area (Å²) < 4.78 is 3.07. The first-order valence-electron chi connectivity index (χ1n) is 7.45. The van der Waals surface area contributed by atoms with E-state index in [-0.39, 0.29) is 11.3 Å². The van der Waals surface area contributed by atoms with E-state index in [1.807, 2.05) is 30.5 Å². The molecule has 0 spiro atoms. The van der Waals surface area contributed by atoms with Crippen molar-refractivity contribution < 1.29 is 5.11 Å². The molecule has 0 bridgehead atoms. The minimum absolute atomic E-state index is 0.170. The van der Waals surface area contributed by atoms with E-state index >= 15 is 0 Å². The lowest BCUT2D eigenvalue weighted by Gasteiger charge is -2.05. The molecule has 1 N–H and O–H groups in total. The summed E-state index contributed by atoms with van der Waals surface area (Å²) in [5, 5.41) is 18.8. The van der Waals surface area contributed by atoms with Crippen LogP contribution in [0.25, 0.3) is 28.0 Å². The van der Waals surface area contributed by atoms with Crippen LogP contribution in [-0.2, 0) is 7.05 Å². The highest BCUT2D eigenvalue weighted by Gasteiger charge is 2.18. The molecule has 0 fully saturated rings. The molecule has 4 aromatic rings. The largest absolute Gasteiger partial charge is 0.508 e. The number of aromatic nitrogens is 4. The molecule has 0 radical (unpaired) electrons. The van der Waals surface area contributed by atoms with E-state index in [0.717, 1.165) is 16.6 Å². The van der Waals surface area contributed by atoms with Gasteiger partial charge in [-0.15, -0.1) is 0 Å². The number of pyridine rings is 1. The number of aryl methyl sites for hydroxylation is 1. The van der Waals surface area contributed by atoms with Crippen LogP contribution < -0.4 is 5.56 Å². The third-order valence-corrected chi connectivity index (χ3v) is 3.88. The van der Waals surface area contributed by atoms with Crippen molar-refractivity contribution in [3.05, 3.63) is 71.1 Å². The first-order valence-corrected chi connectivity index (χ1v) is 7.45.